The fraction of sp³-hybridized carbons (Fsp3) is 0.619. The van der Waals surface area contributed by atoms with E-state index in [-0.39, 0.29) is 17.4 Å². The molecule has 3 heterocycles. The van der Waals surface area contributed by atoms with Gasteiger partial charge in [0.05, 0.1) is 11.9 Å². The summed E-state index contributed by atoms with van der Waals surface area (Å²) in [4.78, 5) is 44.8. The van der Waals surface area contributed by atoms with Gasteiger partial charge >= 0.3 is 5.97 Å². The van der Waals surface area contributed by atoms with E-state index in [2.05, 4.69) is 37.8 Å². The summed E-state index contributed by atoms with van der Waals surface area (Å²) in [7, 11) is 0. The van der Waals surface area contributed by atoms with Crippen LogP contribution in [-0.4, -0.2) is 68.9 Å². The number of likely N-dealkylation sites (tertiary alicyclic amines) is 1. The van der Waals surface area contributed by atoms with Gasteiger partial charge in [0, 0.05) is 23.9 Å². The zero-order chi connectivity index (χ0) is 22.4. The first-order valence-corrected chi connectivity index (χ1v) is 12.3. The highest BCUT2D eigenvalue weighted by molar-refractivity contribution is 14.1. The Kier molecular flexibility index (Phi) is 8.09. The standard InChI is InChI=1S/C21H30IN5O4/c22-8-4-5-17(28)25-15-13-16(19(29)30)18(24-14-15)26-11-6-21(7-12-26,20(23)31)27-9-2-1-3-10-27/h13-14H,1-12H2,(H2,23,31)(H,25,28)(H,29,30). The zero-order valence-electron chi connectivity index (χ0n) is 17.6. The number of rotatable bonds is 8. The van der Waals surface area contributed by atoms with E-state index in [9.17, 15) is 19.5 Å². The lowest BCUT2D eigenvalue weighted by Crippen LogP contribution is -2.63. The number of carboxylic acid groups (broad SMARTS) is 1. The van der Waals surface area contributed by atoms with E-state index in [1.807, 2.05) is 4.90 Å². The van der Waals surface area contributed by atoms with E-state index in [1.165, 1.54) is 18.7 Å². The zero-order valence-corrected chi connectivity index (χ0v) is 19.8. The number of nitrogens with two attached hydrogens (primary N) is 1. The molecule has 0 radical (unpaired) electrons. The lowest BCUT2D eigenvalue weighted by atomic mass is 9.83. The molecule has 4 N–H and O–H groups in total. The fourth-order valence-corrected chi connectivity index (χ4v) is 4.90. The Balaban J connectivity index is 1.75. The maximum absolute atomic E-state index is 12.4. The molecule has 1 aromatic heterocycles. The Morgan fingerprint density at radius 1 is 1.16 bits per heavy atom. The third kappa shape index (κ3) is 5.46. The van der Waals surface area contributed by atoms with Gasteiger partial charge in [0.15, 0.2) is 0 Å². The van der Waals surface area contributed by atoms with Crippen LogP contribution in [0.2, 0.25) is 0 Å². The minimum absolute atomic E-state index is 0.0382. The SMILES string of the molecule is NC(=O)C1(N2CCCCC2)CCN(c2ncc(NC(=O)CCCI)cc2C(=O)O)CC1. The molecule has 2 aliphatic rings. The van der Waals surface area contributed by atoms with E-state index in [0.29, 0.717) is 43.9 Å². The molecule has 2 aliphatic heterocycles. The van der Waals surface area contributed by atoms with Gasteiger partial charge in [-0.2, -0.15) is 0 Å². The van der Waals surface area contributed by atoms with Crippen LogP contribution in [0.4, 0.5) is 11.5 Å². The summed E-state index contributed by atoms with van der Waals surface area (Å²) in [5, 5.41) is 12.4. The third-order valence-electron chi connectivity index (χ3n) is 6.23. The van der Waals surface area contributed by atoms with Crippen LogP contribution in [0.15, 0.2) is 12.3 Å². The average Bonchev–Trinajstić information content (AvgIpc) is 2.78. The van der Waals surface area contributed by atoms with Gasteiger partial charge in [-0.15, -0.1) is 0 Å². The van der Waals surface area contributed by atoms with Gasteiger partial charge in [0.2, 0.25) is 11.8 Å². The predicted molar refractivity (Wildman–Crippen MR) is 127 cm³/mol. The highest BCUT2D eigenvalue weighted by atomic mass is 127. The van der Waals surface area contributed by atoms with E-state index >= 15 is 0 Å². The number of piperidine rings is 2. The summed E-state index contributed by atoms with van der Waals surface area (Å²) in [6.45, 7) is 2.73. The van der Waals surface area contributed by atoms with Crippen LogP contribution in [0, 0.1) is 0 Å². The lowest BCUT2D eigenvalue weighted by Gasteiger charge is -2.48. The molecule has 0 aliphatic carbocycles. The first kappa shape index (κ1) is 23.7. The van der Waals surface area contributed by atoms with E-state index < -0.39 is 11.5 Å². The first-order chi connectivity index (χ1) is 14.9. The van der Waals surface area contributed by atoms with Crippen LogP contribution >= 0.6 is 22.6 Å². The van der Waals surface area contributed by atoms with Gasteiger partial charge in [-0.25, -0.2) is 9.78 Å². The summed E-state index contributed by atoms with van der Waals surface area (Å²) in [6.07, 6.45) is 7.01. The number of pyridine rings is 1. The van der Waals surface area contributed by atoms with Gasteiger partial charge in [0.25, 0.3) is 0 Å². The van der Waals surface area contributed by atoms with Crippen molar-refractivity contribution in [2.45, 2.75) is 50.5 Å². The molecule has 0 unspecified atom stereocenters. The van der Waals surface area contributed by atoms with Crippen molar-refractivity contribution >= 4 is 51.9 Å². The van der Waals surface area contributed by atoms with Crippen LogP contribution in [0.5, 0.6) is 0 Å². The number of aromatic nitrogens is 1. The summed E-state index contributed by atoms with van der Waals surface area (Å²) in [5.41, 5.74) is 5.58. The molecule has 3 rings (SSSR count). The smallest absolute Gasteiger partial charge is 0.339 e. The van der Waals surface area contributed by atoms with Crippen LogP contribution in [0.25, 0.3) is 0 Å². The van der Waals surface area contributed by atoms with E-state index in [1.54, 1.807) is 0 Å². The topological polar surface area (TPSA) is 129 Å². The van der Waals surface area contributed by atoms with Crippen LogP contribution in [0.1, 0.15) is 55.3 Å². The molecule has 170 valence electrons. The number of hydrogen-bond acceptors (Lipinski definition) is 6. The van der Waals surface area contributed by atoms with Gasteiger partial charge in [0.1, 0.15) is 16.9 Å². The number of primary amides is 1. The number of nitrogens with one attached hydrogen (secondary N) is 1. The summed E-state index contributed by atoms with van der Waals surface area (Å²) in [5.74, 6) is -1.21. The molecule has 10 heteroatoms. The molecule has 0 atom stereocenters. The van der Waals surface area contributed by atoms with Gasteiger partial charge < -0.3 is 21.1 Å². The molecule has 0 aromatic carbocycles. The Bertz CT molecular complexity index is 820. The monoisotopic (exact) mass is 543 g/mol. The largest absolute Gasteiger partial charge is 0.478 e. The maximum atomic E-state index is 12.4. The molecule has 0 bridgehead atoms. The summed E-state index contributed by atoms with van der Waals surface area (Å²) < 4.78 is 0.877. The number of carbonyl (C=O) groups is 3. The highest BCUT2D eigenvalue weighted by Crippen LogP contribution is 2.34. The molecule has 1 aromatic rings. The average molecular weight is 543 g/mol. The van der Waals surface area contributed by atoms with Crippen molar-refractivity contribution in [2.24, 2.45) is 5.73 Å². The van der Waals surface area contributed by atoms with Crippen LogP contribution in [-0.2, 0) is 9.59 Å². The molecule has 2 fully saturated rings. The van der Waals surface area contributed by atoms with Crippen LogP contribution < -0.4 is 16.0 Å². The number of carbonyl (C=O) groups excluding carboxylic acids is 2. The van der Waals surface area contributed by atoms with Crippen molar-refractivity contribution in [1.29, 1.82) is 0 Å². The number of hydrogen-bond donors (Lipinski definition) is 3. The second-order valence-corrected chi connectivity index (χ2v) is 9.25. The number of carboxylic acids is 1. The molecule has 2 saturated heterocycles. The highest BCUT2D eigenvalue weighted by Gasteiger charge is 2.45. The van der Waals surface area contributed by atoms with Gasteiger partial charge in [-0.1, -0.05) is 29.0 Å². The molecule has 31 heavy (non-hydrogen) atoms. The number of amides is 2. The minimum atomic E-state index is -1.10. The number of aromatic carboxylic acids is 1. The number of anilines is 2. The van der Waals surface area contributed by atoms with Gasteiger partial charge in [-0.3, -0.25) is 14.5 Å². The second-order valence-electron chi connectivity index (χ2n) is 8.17. The lowest BCUT2D eigenvalue weighted by molar-refractivity contribution is -0.132. The molecule has 0 spiro atoms. The van der Waals surface area contributed by atoms with Crippen molar-refractivity contribution in [3.05, 3.63) is 17.8 Å². The normalized spacial score (nSPS) is 19.1. The van der Waals surface area contributed by atoms with Crippen molar-refractivity contribution in [3.8, 4) is 0 Å². The fourth-order valence-electron chi connectivity index (χ4n) is 4.51. The first-order valence-electron chi connectivity index (χ1n) is 10.8. The number of halogens is 1. The maximum Gasteiger partial charge on any atom is 0.339 e. The third-order valence-corrected chi connectivity index (χ3v) is 6.99. The summed E-state index contributed by atoms with van der Waals surface area (Å²) >= 11 is 2.21. The van der Waals surface area contributed by atoms with Crippen molar-refractivity contribution in [1.82, 2.24) is 9.88 Å². The Hall–Kier alpha value is -1.95. The molecule has 2 amide bonds. The van der Waals surface area contributed by atoms with Crippen molar-refractivity contribution < 1.29 is 19.5 Å². The molecular formula is C21H30IN5O4. The van der Waals surface area contributed by atoms with E-state index in [0.717, 1.165) is 36.8 Å². The minimum Gasteiger partial charge on any atom is -0.478 e. The number of alkyl halides is 1. The molecule has 9 nitrogen and oxygen atoms in total. The summed E-state index contributed by atoms with van der Waals surface area (Å²) in [6, 6.07) is 1.45. The number of nitrogens with zero attached hydrogens (tertiary/aromatic N) is 3. The predicted octanol–water partition coefficient (Wildman–Crippen LogP) is 2.24. The molecule has 0 saturated carbocycles. The Labute approximate surface area is 195 Å². The second kappa shape index (κ2) is 10.6. The van der Waals surface area contributed by atoms with E-state index in [4.69, 9.17) is 5.73 Å². The Morgan fingerprint density at radius 3 is 2.42 bits per heavy atom. The van der Waals surface area contributed by atoms with Gasteiger partial charge in [-0.05, 0) is 51.3 Å². The van der Waals surface area contributed by atoms with Crippen molar-refractivity contribution in [2.75, 3.05) is 40.8 Å². The molecular weight excluding hydrogens is 513 g/mol. The Morgan fingerprint density at radius 2 is 1.84 bits per heavy atom. The quantitative estimate of drug-likeness (QED) is 0.339. The van der Waals surface area contributed by atoms with Crippen molar-refractivity contribution in [3.63, 3.8) is 0 Å². The van der Waals surface area contributed by atoms with Crippen LogP contribution in [0.3, 0.4) is 0 Å².